The molecule has 0 amide bonds. The molecule has 0 saturated heterocycles. The molecule has 0 spiro atoms. The van der Waals surface area contributed by atoms with Gasteiger partial charge in [0.25, 0.3) is 0 Å². The topological polar surface area (TPSA) is 61.2 Å². The van der Waals surface area contributed by atoms with Crippen molar-refractivity contribution in [3.8, 4) is 0 Å². The fourth-order valence-electron chi connectivity index (χ4n) is 2.24. The van der Waals surface area contributed by atoms with Crippen molar-refractivity contribution in [1.82, 2.24) is 4.57 Å². The number of aryl methyl sites for hydroxylation is 1. The predicted octanol–water partition coefficient (Wildman–Crippen LogP) is 3.44. The molecule has 1 atom stereocenters. The molecule has 21 heavy (non-hydrogen) atoms. The van der Waals surface area contributed by atoms with Crippen molar-refractivity contribution >= 4 is 45.3 Å². The van der Waals surface area contributed by atoms with Gasteiger partial charge in [-0.05, 0) is 58.0 Å². The van der Waals surface area contributed by atoms with Crippen molar-refractivity contribution in [2.45, 2.75) is 6.04 Å². The van der Waals surface area contributed by atoms with Crippen LogP contribution in [0.5, 0.6) is 0 Å². The summed E-state index contributed by atoms with van der Waals surface area (Å²) in [7, 11) is 1.67. The molecule has 0 fully saturated rings. The van der Waals surface area contributed by atoms with Crippen molar-refractivity contribution in [1.29, 1.82) is 0 Å². The van der Waals surface area contributed by atoms with Gasteiger partial charge in [0.05, 0.1) is 16.6 Å². The van der Waals surface area contributed by atoms with Crippen molar-refractivity contribution in [2.75, 3.05) is 0 Å². The third kappa shape index (κ3) is 2.61. The van der Waals surface area contributed by atoms with E-state index in [4.69, 9.17) is 21.8 Å². The van der Waals surface area contributed by atoms with E-state index in [0.29, 0.717) is 10.6 Å². The highest BCUT2D eigenvalue weighted by Crippen LogP contribution is 2.27. The van der Waals surface area contributed by atoms with Gasteiger partial charge in [0.1, 0.15) is 0 Å². The Morgan fingerprint density at radius 3 is 2.62 bits per heavy atom. The SMILES string of the molecule is Cn1c(=O)oc2cc(C(N)c3ccc(I)c(Cl)c3)ccc21. The Balaban J connectivity index is 2.06. The zero-order valence-electron chi connectivity index (χ0n) is 11.1. The van der Waals surface area contributed by atoms with Gasteiger partial charge < -0.3 is 10.2 Å². The van der Waals surface area contributed by atoms with Crippen molar-refractivity contribution in [3.05, 3.63) is 66.7 Å². The Morgan fingerprint density at radius 1 is 1.24 bits per heavy atom. The van der Waals surface area contributed by atoms with E-state index < -0.39 is 0 Å². The van der Waals surface area contributed by atoms with Crippen molar-refractivity contribution < 1.29 is 4.42 Å². The number of oxazole rings is 1. The lowest BCUT2D eigenvalue weighted by Gasteiger charge is -2.13. The minimum atomic E-state index is -0.381. The zero-order valence-corrected chi connectivity index (χ0v) is 14.1. The highest BCUT2D eigenvalue weighted by Gasteiger charge is 2.13. The summed E-state index contributed by atoms with van der Waals surface area (Å²) in [4.78, 5) is 11.5. The molecule has 3 rings (SSSR count). The van der Waals surface area contributed by atoms with Crippen LogP contribution in [-0.4, -0.2) is 4.57 Å². The normalized spacial score (nSPS) is 12.8. The molecule has 4 nitrogen and oxygen atoms in total. The van der Waals surface area contributed by atoms with Gasteiger partial charge in [-0.2, -0.15) is 0 Å². The Bertz CT molecular complexity index is 885. The van der Waals surface area contributed by atoms with Crippen molar-refractivity contribution in [3.63, 3.8) is 0 Å². The fourth-order valence-corrected chi connectivity index (χ4v) is 2.77. The van der Waals surface area contributed by atoms with Crippen LogP contribution in [0, 0.1) is 3.57 Å². The largest absolute Gasteiger partial charge is 0.419 e. The van der Waals surface area contributed by atoms with Crippen molar-refractivity contribution in [2.24, 2.45) is 12.8 Å². The highest BCUT2D eigenvalue weighted by molar-refractivity contribution is 14.1. The van der Waals surface area contributed by atoms with Gasteiger partial charge in [-0.25, -0.2) is 4.79 Å². The molecule has 1 heterocycles. The second-order valence-electron chi connectivity index (χ2n) is 4.81. The number of halogens is 2. The Kier molecular flexibility index (Phi) is 3.81. The van der Waals surface area contributed by atoms with Crippen LogP contribution < -0.4 is 11.5 Å². The number of aromatic nitrogens is 1. The first-order chi connectivity index (χ1) is 9.97. The number of fused-ring (bicyclic) bond motifs is 1. The average molecular weight is 415 g/mol. The van der Waals surface area contributed by atoms with Crippen LogP contribution in [0.25, 0.3) is 11.1 Å². The summed E-state index contributed by atoms with van der Waals surface area (Å²) < 4.78 is 7.64. The highest BCUT2D eigenvalue weighted by atomic mass is 127. The lowest BCUT2D eigenvalue weighted by atomic mass is 9.99. The fraction of sp³-hybridized carbons (Fsp3) is 0.133. The van der Waals surface area contributed by atoms with E-state index in [-0.39, 0.29) is 11.8 Å². The van der Waals surface area contributed by atoms with Gasteiger partial charge in [-0.3, -0.25) is 4.57 Å². The van der Waals surface area contributed by atoms with E-state index in [2.05, 4.69) is 22.6 Å². The maximum absolute atomic E-state index is 11.5. The van der Waals surface area contributed by atoms with Crippen LogP contribution in [0.1, 0.15) is 17.2 Å². The van der Waals surface area contributed by atoms with Gasteiger partial charge in [-0.1, -0.05) is 23.7 Å². The Hall–Kier alpha value is -1.31. The van der Waals surface area contributed by atoms with Crippen LogP contribution >= 0.6 is 34.2 Å². The molecule has 0 saturated carbocycles. The molecule has 2 aromatic carbocycles. The molecule has 0 aliphatic carbocycles. The number of nitrogens with zero attached hydrogens (tertiary/aromatic N) is 1. The summed E-state index contributed by atoms with van der Waals surface area (Å²) in [6.07, 6.45) is 0. The van der Waals surface area contributed by atoms with Gasteiger partial charge in [0.15, 0.2) is 5.58 Å². The Morgan fingerprint density at radius 2 is 1.90 bits per heavy atom. The minimum Gasteiger partial charge on any atom is -0.408 e. The maximum atomic E-state index is 11.5. The summed E-state index contributed by atoms with van der Waals surface area (Å²) >= 11 is 8.31. The second-order valence-corrected chi connectivity index (χ2v) is 6.37. The molecule has 1 unspecified atom stereocenters. The molecule has 1 aromatic heterocycles. The molecule has 0 radical (unpaired) electrons. The molecule has 0 aliphatic heterocycles. The first-order valence-electron chi connectivity index (χ1n) is 6.27. The third-order valence-corrected chi connectivity index (χ3v) is 5.05. The summed E-state index contributed by atoms with van der Waals surface area (Å²) in [5.41, 5.74) is 9.35. The number of hydrogen-bond donors (Lipinski definition) is 1. The minimum absolute atomic E-state index is 0.325. The molecule has 108 valence electrons. The third-order valence-electron chi connectivity index (χ3n) is 3.48. The van der Waals surface area contributed by atoms with E-state index in [1.165, 1.54) is 4.57 Å². The zero-order chi connectivity index (χ0) is 15.1. The summed E-state index contributed by atoms with van der Waals surface area (Å²) in [5, 5.41) is 0.677. The molecule has 6 heteroatoms. The lowest BCUT2D eigenvalue weighted by molar-refractivity contribution is 0.527. The molecule has 2 N–H and O–H groups in total. The van der Waals surface area contributed by atoms with Gasteiger partial charge in [-0.15, -0.1) is 0 Å². The number of nitrogens with two attached hydrogens (primary N) is 1. The molecule has 0 aliphatic rings. The quantitative estimate of drug-likeness (QED) is 0.654. The van der Waals surface area contributed by atoms with E-state index in [0.717, 1.165) is 20.2 Å². The standard InChI is InChI=1S/C15H12ClIN2O2/c1-19-12-5-3-9(7-13(12)21-15(19)20)14(18)8-2-4-11(17)10(16)6-8/h2-7,14H,18H2,1H3. The molecule has 3 aromatic rings. The molecular formula is C15H12ClIN2O2. The van der Waals surface area contributed by atoms with E-state index in [1.807, 2.05) is 30.3 Å². The van der Waals surface area contributed by atoms with Gasteiger partial charge in [0, 0.05) is 10.6 Å². The van der Waals surface area contributed by atoms with Crippen LogP contribution in [0.2, 0.25) is 5.02 Å². The predicted molar refractivity (Wildman–Crippen MR) is 91.7 cm³/mol. The first kappa shape index (κ1) is 14.6. The van der Waals surface area contributed by atoms with Crippen LogP contribution in [-0.2, 0) is 7.05 Å². The van der Waals surface area contributed by atoms with Crippen LogP contribution in [0.4, 0.5) is 0 Å². The number of hydrogen-bond acceptors (Lipinski definition) is 3. The maximum Gasteiger partial charge on any atom is 0.419 e. The summed E-state index contributed by atoms with van der Waals surface area (Å²) in [6.45, 7) is 0. The molecule has 0 bridgehead atoms. The van der Waals surface area contributed by atoms with E-state index in [1.54, 1.807) is 13.1 Å². The smallest absolute Gasteiger partial charge is 0.408 e. The van der Waals surface area contributed by atoms with Gasteiger partial charge in [0.2, 0.25) is 0 Å². The van der Waals surface area contributed by atoms with E-state index >= 15 is 0 Å². The molecular weight excluding hydrogens is 403 g/mol. The average Bonchev–Trinajstić information content (AvgIpc) is 2.76. The monoisotopic (exact) mass is 414 g/mol. The second kappa shape index (κ2) is 5.47. The number of benzene rings is 2. The van der Waals surface area contributed by atoms with E-state index in [9.17, 15) is 4.79 Å². The lowest BCUT2D eigenvalue weighted by Crippen LogP contribution is -2.12. The summed E-state index contributed by atoms with van der Waals surface area (Å²) in [6, 6.07) is 10.9. The van der Waals surface area contributed by atoms with Crippen LogP contribution in [0.3, 0.4) is 0 Å². The first-order valence-corrected chi connectivity index (χ1v) is 7.73. The van der Waals surface area contributed by atoms with Gasteiger partial charge >= 0.3 is 5.76 Å². The summed E-state index contributed by atoms with van der Waals surface area (Å²) in [5.74, 6) is -0.381. The number of rotatable bonds is 2. The van der Waals surface area contributed by atoms with Crippen LogP contribution in [0.15, 0.2) is 45.6 Å². The Labute approximate surface area is 139 Å².